The van der Waals surface area contributed by atoms with Gasteiger partial charge in [-0.3, -0.25) is 9.59 Å². The fraction of sp³-hybridized carbons (Fsp3) is 0.286. The van der Waals surface area contributed by atoms with Gasteiger partial charge in [0.25, 0.3) is 5.91 Å². The lowest BCUT2D eigenvalue weighted by molar-refractivity contribution is -0.138. The first-order valence-corrected chi connectivity index (χ1v) is 11.5. The fourth-order valence-electron chi connectivity index (χ4n) is 4.03. The van der Waals surface area contributed by atoms with Crippen LogP contribution in [0.5, 0.6) is 5.75 Å². The average Bonchev–Trinajstić information content (AvgIpc) is 2.82. The SMILES string of the molecule is Cc1c(C(Oc2ccc(C(=O)NCCC(=O)O)cc2)C(C)C)ccc(-c2ccccc2)c1C(F)(F)F. The number of rotatable bonds is 9. The van der Waals surface area contributed by atoms with Gasteiger partial charge < -0.3 is 15.2 Å². The fourth-order valence-corrected chi connectivity index (χ4v) is 4.03. The number of ether oxygens (including phenoxy) is 1. The van der Waals surface area contributed by atoms with Crippen LogP contribution in [0.15, 0.2) is 66.7 Å². The van der Waals surface area contributed by atoms with Crippen molar-refractivity contribution in [1.82, 2.24) is 5.32 Å². The smallest absolute Gasteiger partial charge is 0.417 e. The van der Waals surface area contributed by atoms with Gasteiger partial charge in [-0.25, -0.2) is 0 Å². The molecule has 190 valence electrons. The number of carboxylic acid groups (broad SMARTS) is 1. The quantitative estimate of drug-likeness (QED) is 0.345. The molecule has 0 heterocycles. The van der Waals surface area contributed by atoms with Crippen molar-refractivity contribution in [3.05, 3.63) is 89.0 Å². The van der Waals surface area contributed by atoms with Crippen molar-refractivity contribution in [2.75, 3.05) is 6.54 Å². The first-order valence-electron chi connectivity index (χ1n) is 11.5. The predicted molar refractivity (Wildman–Crippen MR) is 131 cm³/mol. The summed E-state index contributed by atoms with van der Waals surface area (Å²) in [6.45, 7) is 5.20. The molecular weight excluding hydrogens is 471 g/mol. The molecule has 0 aliphatic carbocycles. The number of amides is 1. The predicted octanol–water partition coefficient (Wildman–Crippen LogP) is 6.66. The highest BCUT2D eigenvalue weighted by atomic mass is 19.4. The summed E-state index contributed by atoms with van der Waals surface area (Å²) in [5.74, 6) is -1.19. The van der Waals surface area contributed by atoms with E-state index in [0.717, 1.165) is 0 Å². The van der Waals surface area contributed by atoms with Gasteiger partial charge in [0.15, 0.2) is 0 Å². The Labute approximate surface area is 207 Å². The van der Waals surface area contributed by atoms with Gasteiger partial charge in [0.05, 0.1) is 12.0 Å². The highest BCUT2D eigenvalue weighted by Gasteiger charge is 2.37. The summed E-state index contributed by atoms with van der Waals surface area (Å²) in [6.07, 6.45) is -5.40. The lowest BCUT2D eigenvalue weighted by Crippen LogP contribution is -2.25. The molecule has 36 heavy (non-hydrogen) atoms. The molecule has 1 amide bonds. The van der Waals surface area contributed by atoms with Gasteiger partial charge in [0.1, 0.15) is 11.9 Å². The van der Waals surface area contributed by atoms with Gasteiger partial charge in [-0.1, -0.05) is 56.3 Å². The van der Waals surface area contributed by atoms with Gasteiger partial charge in [-0.2, -0.15) is 13.2 Å². The molecule has 3 aromatic rings. The molecule has 0 saturated carbocycles. The number of hydrogen-bond acceptors (Lipinski definition) is 3. The van der Waals surface area contributed by atoms with E-state index >= 15 is 0 Å². The van der Waals surface area contributed by atoms with Crippen molar-refractivity contribution in [3.8, 4) is 16.9 Å². The van der Waals surface area contributed by atoms with Crippen molar-refractivity contribution in [3.63, 3.8) is 0 Å². The Morgan fingerprint density at radius 3 is 2.17 bits per heavy atom. The maximum absolute atomic E-state index is 14.2. The van der Waals surface area contributed by atoms with Gasteiger partial charge in [0.2, 0.25) is 0 Å². The molecule has 0 aromatic heterocycles. The standard InChI is InChI=1S/C28H28F3NO4/c1-17(2)26(36-21-11-9-20(10-12-21)27(35)32-16-15-24(33)34)22-13-14-23(19-7-5-4-6-8-19)25(18(22)3)28(29,30)31/h4-14,17,26H,15-16H2,1-3H3,(H,32,35)(H,33,34). The summed E-state index contributed by atoms with van der Waals surface area (Å²) < 4.78 is 48.8. The molecule has 1 unspecified atom stereocenters. The molecule has 8 heteroatoms. The number of hydrogen-bond donors (Lipinski definition) is 2. The zero-order chi connectivity index (χ0) is 26.5. The highest BCUT2D eigenvalue weighted by Crippen LogP contribution is 2.43. The highest BCUT2D eigenvalue weighted by molar-refractivity contribution is 5.94. The van der Waals surface area contributed by atoms with Crippen LogP contribution >= 0.6 is 0 Å². The maximum Gasteiger partial charge on any atom is 0.417 e. The number of carbonyl (C=O) groups excluding carboxylic acids is 1. The number of aliphatic carboxylic acids is 1. The summed E-state index contributed by atoms with van der Waals surface area (Å²) in [5.41, 5.74) is 0.777. The molecule has 3 aromatic carbocycles. The monoisotopic (exact) mass is 499 g/mol. The number of carbonyl (C=O) groups is 2. The lowest BCUT2D eigenvalue weighted by atomic mass is 9.87. The molecule has 3 rings (SSSR count). The summed E-state index contributed by atoms with van der Waals surface area (Å²) >= 11 is 0. The molecule has 0 saturated heterocycles. The molecule has 2 N–H and O–H groups in total. The van der Waals surface area contributed by atoms with E-state index in [9.17, 15) is 22.8 Å². The maximum atomic E-state index is 14.2. The van der Waals surface area contributed by atoms with E-state index in [1.165, 1.54) is 25.1 Å². The Bertz CT molecular complexity index is 1210. The van der Waals surface area contributed by atoms with Crippen molar-refractivity contribution in [1.29, 1.82) is 0 Å². The molecule has 0 bridgehead atoms. The third kappa shape index (κ3) is 6.44. The lowest BCUT2D eigenvalue weighted by Gasteiger charge is -2.27. The second kappa shape index (κ2) is 11.3. The van der Waals surface area contributed by atoms with Gasteiger partial charge in [-0.15, -0.1) is 0 Å². The van der Waals surface area contributed by atoms with E-state index in [2.05, 4.69) is 5.32 Å². The van der Waals surface area contributed by atoms with Crippen LogP contribution in [0.1, 0.15) is 53.4 Å². The van der Waals surface area contributed by atoms with E-state index < -0.39 is 29.7 Å². The molecule has 0 aliphatic heterocycles. The molecule has 1 atom stereocenters. The summed E-state index contributed by atoms with van der Waals surface area (Å²) in [4.78, 5) is 22.8. The van der Waals surface area contributed by atoms with E-state index in [0.29, 0.717) is 22.4 Å². The number of benzene rings is 3. The van der Waals surface area contributed by atoms with Gasteiger partial charge >= 0.3 is 12.1 Å². The van der Waals surface area contributed by atoms with E-state index in [4.69, 9.17) is 9.84 Å². The molecule has 0 fully saturated rings. The van der Waals surface area contributed by atoms with Crippen LogP contribution in [0, 0.1) is 12.8 Å². The Hall–Kier alpha value is -3.81. The van der Waals surface area contributed by atoms with E-state index in [1.807, 2.05) is 13.8 Å². The van der Waals surface area contributed by atoms with Crippen LogP contribution in [0.25, 0.3) is 11.1 Å². The third-order valence-corrected chi connectivity index (χ3v) is 5.79. The molecule has 5 nitrogen and oxygen atoms in total. The minimum absolute atomic E-state index is 0.00162. The molecule has 0 aliphatic rings. The minimum Gasteiger partial charge on any atom is -0.485 e. The molecule has 0 radical (unpaired) electrons. The second-order valence-corrected chi connectivity index (χ2v) is 8.77. The van der Waals surface area contributed by atoms with Crippen LogP contribution in [-0.2, 0) is 11.0 Å². The normalized spacial score (nSPS) is 12.3. The number of alkyl halides is 3. The first-order chi connectivity index (χ1) is 17.0. The minimum atomic E-state index is -4.55. The number of carboxylic acids is 1. The van der Waals surface area contributed by atoms with E-state index in [-0.39, 0.29) is 30.0 Å². The van der Waals surface area contributed by atoms with Crippen molar-refractivity contribution in [2.24, 2.45) is 5.92 Å². The number of halogens is 3. The number of nitrogens with one attached hydrogen (secondary N) is 1. The van der Waals surface area contributed by atoms with Gasteiger partial charge in [0, 0.05) is 12.1 Å². The molecular formula is C28H28F3NO4. The summed E-state index contributed by atoms with van der Waals surface area (Å²) in [5, 5.41) is 11.2. The topological polar surface area (TPSA) is 75.6 Å². The van der Waals surface area contributed by atoms with Crippen LogP contribution in [0.4, 0.5) is 13.2 Å². The van der Waals surface area contributed by atoms with Crippen molar-refractivity contribution >= 4 is 11.9 Å². The van der Waals surface area contributed by atoms with Crippen LogP contribution in [0.3, 0.4) is 0 Å². The van der Waals surface area contributed by atoms with Crippen molar-refractivity contribution < 1.29 is 32.6 Å². The van der Waals surface area contributed by atoms with Crippen LogP contribution in [0.2, 0.25) is 0 Å². The third-order valence-electron chi connectivity index (χ3n) is 5.79. The first kappa shape index (κ1) is 26.8. The summed E-state index contributed by atoms with van der Waals surface area (Å²) in [6, 6.07) is 17.8. The Morgan fingerprint density at radius 2 is 1.61 bits per heavy atom. The largest absolute Gasteiger partial charge is 0.485 e. The second-order valence-electron chi connectivity index (χ2n) is 8.77. The molecule has 0 spiro atoms. The summed E-state index contributed by atoms with van der Waals surface area (Å²) in [7, 11) is 0. The zero-order valence-corrected chi connectivity index (χ0v) is 20.2. The van der Waals surface area contributed by atoms with Crippen LogP contribution in [-0.4, -0.2) is 23.5 Å². The Balaban J connectivity index is 1.90. The average molecular weight is 500 g/mol. The van der Waals surface area contributed by atoms with E-state index in [1.54, 1.807) is 48.5 Å². The Morgan fingerprint density at radius 1 is 0.972 bits per heavy atom. The van der Waals surface area contributed by atoms with Gasteiger partial charge in [-0.05, 0) is 59.4 Å². The van der Waals surface area contributed by atoms with Crippen LogP contribution < -0.4 is 10.1 Å². The Kier molecular flexibility index (Phi) is 8.40. The zero-order valence-electron chi connectivity index (χ0n) is 20.2. The van der Waals surface area contributed by atoms with Crippen molar-refractivity contribution in [2.45, 2.75) is 39.5 Å².